The molecule has 1 N–H and O–H groups in total. The summed E-state index contributed by atoms with van der Waals surface area (Å²) < 4.78 is 10.7. The second-order valence-corrected chi connectivity index (χ2v) is 4.90. The molecule has 3 heteroatoms. The van der Waals surface area contributed by atoms with E-state index < -0.39 is 0 Å². The fraction of sp³-hybridized carbons (Fsp3) is 0.500. The minimum atomic E-state index is 0.205. The van der Waals surface area contributed by atoms with Crippen LogP contribution in [0.25, 0.3) is 6.08 Å². The summed E-state index contributed by atoms with van der Waals surface area (Å²) in [5, 5.41) is 3.33. The maximum Gasteiger partial charge on any atom is 0.120 e. The Balaban J connectivity index is 2.54. The van der Waals surface area contributed by atoms with Crippen LogP contribution in [-0.2, 0) is 4.74 Å². The van der Waals surface area contributed by atoms with Crippen LogP contribution in [0.4, 0.5) is 0 Å². The number of ether oxygens (including phenoxy) is 2. The molecule has 1 aromatic carbocycles. The Morgan fingerprint density at radius 2 is 2.16 bits per heavy atom. The number of benzene rings is 1. The van der Waals surface area contributed by atoms with Gasteiger partial charge in [-0.2, -0.15) is 0 Å². The Hall–Kier alpha value is -1.32. The van der Waals surface area contributed by atoms with Gasteiger partial charge in [0.15, 0.2) is 0 Å². The van der Waals surface area contributed by atoms with Gasteiger partial charge in [0.2, 0.25) is 0 Å². The molecule has 3 nitrogen and oxygen atoms in total. The van der Waals surface area contributed by atoms with E-state index in [1.165, 1.54) is 11.1 Å². The average Bonchev–Trinajstić information content (AvgIpc) is 2.34. The molecule has 0 saturated heterocycles. The van der Waals surface area contributed by atoms with Crippen molar-refractivity contribution >= 4 is 6.08 Å². The Morgan fingerprint density at radius 1 is 1.37 bits per heavy atom. The summed E-state index contributed by atoms with van der Waals surface area (Å²) in [6.45, 7) is 8.68. The van der Waals surface area contributed by atoms with Crippen molar-refractivity contribution in [1.29, 1.82) is 0 Å². The van der Waals surface area contributed by atoms with Crippen molar-refractivity contribution < 1.29 is 9.47 Å². The fourth-order valence-electron chi connectivity index (χ4n) is 1.75. The molecule has 0 aliphatic rings. The highest BCUT2D eigenvalue weighted by Gasteiger charge is 1.98. The van der Waals surface area contributed by atoms with Crippen molar-refractivity contribution in [1.82, 2.24) is 5.32 Å². The third-order valence-electron chi connectivity index (χ3n) is 2.53. The topological polar surface area (TPSA) is 30.5 Å². The van der Waals surface area contributed by atoms with Crippen molar-refractivity contribution in [3.63, 3.8) is 0 Å². The highest BCUT2D eigenvalue weighted by atomic mass is 16.5. The zero-order chi connectivity index (χ0) is 14.1. The van der Waals surface area contributed by atoms with Crippen LogP contribution in [-0.4, -0.2) is 32.9 Å². The number of rotatable bonds is 8. The van der Waals surface area contributed by atoms with Crippen molar-refractivity contribution in [3.8, 4) is 5.75 Å². The first-order valence-electron chi connectivity index (χ1n) is 6.75. The number of hydrogen-bond acceptors (Lipinski definition) is 3. The molecule has 0 heterocycles. The summed E-state index contributed by atoms with van der Waals surface area (Å²) in [6.07, 6.45) is 2.38. The molecule has 0 atom stereocenters. The lowest BCUT2D eigenvalue weighted by atomic mass is 10.1. The van der Waals surface area contributed by atoms with Gasteiger partial charge >= 0.3 is 0 Å². The van der Waals surface area contributed by atoms with E-state index in [2.05, 4.69) is 30.4 Å². The van der Waals surface area contributed by atoms with E-state index in [1.54, 1.807) is 7.11 Å². The zero-order valence-corrected chi connectivity index (χ0v) is 12.4. The molecule has 0 aromatic heterocycles. The van der Waals surface area contributed by atoms with E-state index in [4.69, 9.17) is 9.47 Å². The largest absolute Gasteiger partial charge is 0.491 e. The summed E-state index contributed by atoms with van der Waals surface area (Å²) >= 11 is 0. The Bertz CT molecular complexity index is 399. The predicted molar refractivity (Wildman–Crippen MR) is 80.6 cm³/mol. The zero-order valence-electron chi connectivity index (χ0n) is 12.4. The van der Waals surface area contributed by atoms with Gasteiger partial charge in [-0.1, -0.05) is 23.8 Å². The van der Waals surface area contributed by atoms with Crippen molar-refractivity contribution in [2.75, 3.05) is 26.8 Å². The van der Waals surface area contributed by atoms with E-state index in [0.717, 1.165) is 25.4 Å². The highest BCUT2D eigenvalue weighted by Crippen LogP contribution is 2.16. The van der Waals surface area contributed by atoms with E-state index in [1.807, 2.05) is 26.0 Å². The van der Waals surface area contributed by atoms with Crippen LogP contribution in [0.1, 0.15) is 26.3 Å². The molecule has 0 aliphatic carbocycles. The van der Waals surface area contributed by atoms with Gasteiger partial charge in [-0.3, -0.25) is 0 Å². The molecule has 0 saturated carbocycles. The molecular formula is C16H25NO2. The second kappa shape index (κ2) is 8.73. The van der Waals surface area contributed by atoms with Crippen molar-refractivity contribution in [2.24, 2.45) is 0 Å². The molecule has 0 bridgehead atoms. The smallest absolute Gasteiger partial charge is 0.120 e. The van der Waals surface area contributed by atoms with E-state index in [0.29, 0.717) is 0 Å². The molecule has 0 radical (unpaired) electrons. The van der Waals surface area contributed by atoms with Crippen molar-refractivity contribution in [3.05, 3.63) is 35.4 Å². The van der Waals surface area contributed by atoms with Gasteiger partial charge in [0.05, 0.1) is 12.7 Å². The minimum Gasteiger partial charge on any atom is -0.491 e. The van der Waals surface area contributed by atoms with Crippen molar-refractivity contribution in [2.45, 2.75) is 26.9 Å². The molecule has 0 fully saturated rings. The van der Waals surface area contributed by atoms with Crippen LogP contribution >= 0.6 is 0 Å². The maximum absolute atomic E-state index is 5.69. The Labute approximate surface area is 116 Å². The predicted octanol–water partition coefficient (Wildman–Crippen LogP) is 3.11. The lowest BCUT2D eigenvalue weighted by Gasteiger charge is -2.10. The van der Waals surface area contributed by atoms with Gasteiger partial charge in [0, 0.05) is 20.2 Å². The van der Waals surface area contributed by atoms with Crippen LogP contribution < -0.4 is 10.1 Å². The van der Waals surface area contributed by atoms with Gasteiger partial charge in [-0.05, 0) is 38.5 Å². The first kappa shape index (κ1) is 15.7. The molecule has 0 aliphatic heterocycles. The quantitative estimate of drug-likeness (QED) is 0.731. The second-order valence-electron chi connectivity index (χ2n) is 4.90. The number of nitrogens with one attached hydrogen (secondary N) is 1. The molecule has 19 heavy (non-hydrogen) atoms. The SMILES string of the molecule is COCCNCC(C)=Cc1cccc(OC(C)C)c1. The van der Waals surface area contributed by atoms with Crippen LogP contribution in [0.15, 0.2) is 29.8 Å². The monoisotopic (exact) mass is 263 g/mol. The number of hydrogen-bond donors (Lipinski definition) is 1. The first-order valence-corrected chi connectivity index (χ1v) is 6.75. The van der Waals surface area contributed by atoms with E-state index in [-0.39, 0.29) is 6.10 Å². The Kier molecular flexibility index (Phi) is 7.23. The summed E-state index contributed by atoms with van der Waals surface area (Å²) in [7, 11) is 1.71. The Morgan fingerprint density at radius 3 is 2.84 bits per heavy atom. The fourth-order valence-corrected chi connectivity index (χ4v) is 1.75. The van der Waals surface area contributed by atoms with Crippen LogP contribution in [0.5, 0.6) is 5.75 Å². The molecular weight excluding hydrogens is 238 g/mol. The van der Waals surface area contributed by atoms with Gasteiger partial charge in [0.1, 0.15) is 5.75 Å². The van der Waals surface area contributed by atoms with Gasteiger partial charge in [0.25, 0.3) is 0 Å². The first-order chi connectivity index (χ1) is 9.11. The summed E-state index contributed by atoms with van der Waals surface area (Å²) in [4.78, 5) is 0. The van der Waals surface area contributed by atoms with E-state index in [9.17, 15) is 0 Å². The van der Waals surface area contributed by atoms with Crippen LogP contribution in [0, 0.1) is 0 Å². The third-order valence-corrected chi connectivity index (χ3v) is 2.53. The molecule has 0 unspecified atom stereocenters. The highest BCUT2D eigenvalue weighted by molar-refractivity contribution is 5.54. The molecule has 0 amide bonds. The molecule has 1 aromatic rings. The summed E-state index contributed by atoms with van der Waals surface area (Å²) in [5.74, 6) is 0.920. The van der Waals surface area contributed by atoms with Crippen LogP contribution in [0.3, 0.4) is 0 Å². The maximum atomic E-state index is 5.69. The average molecular weight is 263 g/mol. The standard InChI is InChI=1S/C16H25NO2/c1-13(2)19-16-7-5-6-15(11-16)10-14(3)12-17-8-9-18-4/h5-7,10-11,13,17H,8-9,12H2,1-4H3. The van der Waals surface area contributed by atoms with Crippen LogP contribution in [0.2, 0.25) is 0 Å². The van der Waals surface area contributed by atoms with Gasteiger partial charge in [-0.15, -0.1) is 0 Å². The molecule has 0 spiro atoms. The molecule has 1 rings (SSSR count). The van der Waals surface area contributed by atoms with Gasteiger partial charge < -0.3 is 14.8 Å². The number of methoxy groups -OCH3 is 1. The minimum absolute atomic E-state index is 0.205. The lowest BCUT2D eigenvalue weighted by molar-refractivity contribution is 0.200. The summed E-state index contributed by atoms with van der Waals surface area (Å²) in [6, 6.07) is 8.17. The van der Waals surface area contributed by atoms with E-state index >= 15 is 0 Å². The molecule has 106 valence electrons. The summed E-state index contributed by atoms with van der Waals surface area (Å²) in [5.41, 5.74) is 2.46. The van der Waals surface area contributed by atoms with Gasteiger partial charge in [-0.25, -0.2) is 0 Å². The third kappa shape index (κ3) is 6.99. The normalized spacial score (nSPS) is 11.9. The lowest BCUT2D eigenvalue weighted by Crippen LogP contribution is -2.20.